The largest absolute Gasteiger partial charge is 0.349 e. The molecule has 1 N–H and O–H groups in total. The molecule has 0 aromatic heterocycles. The summed E-state index contributed by atoms with van der Waals surface area (Å²) in [7, 11) is 0. The molecule has 3 nitrogen and oxygen atoms in total. The first-order valence-corrected chi connectivity index (χ1v) is 4.73. The van der Waals surface area contributed by atoms with Crippen molar-refractivity contribution < 1.29 is 9.59 Å². The minimum absolute atomic E-state index is 0.0169. The standard InChI is InChI=1S/C10H12ClNO2/c1-8(13)12-7-9(14)10(11)5-3-2-4-6-10/h2-5H,6-7H2,1H3,(H,12,13). The Morgan fingerprint density at radius 2 is 2.21 bits per heavy atom. The van der Waals surface area contributed by atoms with E-state index in [1.807, 2.05) is 12.2 Å². The van der Waals surface area contributed by atoms with Gasteiger partial charge in [-0.15, -0.1) is 11.6 Å². The zero-order valence-corrected chi connectivity index (χ0v) is 8.67. The van der Waals surface area contributed by atoms with Crippen LogP contribution in [0.3, 0.4) is 0 Å². The van der Waals surface area contributed by atoms with Crippen LogP contribution in [-0.2, 0) is 9.59 Å². The average molecular weight is 214 g/mol. The van der Waals surface area contributed by atoms with E-state index in [1.54, 1.807) is 12.2 Å². The van der Waals surface area contributed by atoms with Crippen LogP contribution in [-0.4, -0.2) is 23.1 Å². The van der Waals surface area contributed by atoms with Crippen LogP contribution >= 0.6 is 11.6 Å². The Balaban J connectivity index is 2.55. The maximum atomic E-state index is 11.6. The highest BCUT2D eigenvalue weighted by molar-refractivity contribution is 6.37. The summed E-state index contributed by atoms with van der Waals surface area (Å²) in [5.74, 6) is -0.413. The third-order valence-electron chi connectivity index (χ3n) is 1.98. The molecule has 4 heteroatoms. The summed E-state index contributed by atoms with van der Waals surface area (Å²) in [6.07, 6.45) is 7.54. The molecule has 1 atom stereocenters. The van der Waals surface area contributed by atoms with Gasteiger partial charge in [-0.2, -0.15) is 0 Å². The monoisotopic (exact) mass is 213 g/mol. The van der Waals surface area contributed by atoms with E-state index in [4.69, 9.17) is 11.6 Å². The van der Waals surface area contributed by atoms with Gasteiger partial charge in [-0.05, 0) is 6.42 Å². The van der Waals surface area contributed by atoms with Gasteiger partial charge in [0, 0.05) is 6.92 Å². The number of carbonyl (C=O) groups excluding carboxylic acids is 2. The molecule has 76 valence electrons. The van der Waals surface area contributed by atoms with Crippen molar-refractivity contribution in [3.8, 4) is 0 Å². The molecule has 0 heterocycles. The summed E-state index contributed by atoms with van der Waals surface area (Å²) in [5.41, 5.74) is 0. The molecule has 0 fully saturated rings. The number of rotatable bonds is 3. The van der Waals surface area contributed by atoms with Crippen LogP contribution in [0.2, 0.25) is 0 Å². The number of nitrogens with one attached hydrogen (secondary N) is 1. The van der Waals surface area contributed by atoms with Crippen LogP contribution in [0.1, 0.15) is 13.3 Å². The maximum Gasteiger partial charge on any atom is 0.217 e. The summed E-state index contributed by atoms with van der Waals surface area (Å²) in [6, 6.07) is 0. The van der Waals surface area contributed by atoms with Crippen molar-refractivity contribution in [2.24, 2.45) is 0 Å². The lowest BCUT2D eigenvalue weighted by atomic mass is 9.95. The zero-order chi connectivity index (χ0) is 10.6. The lowest BCUT2D eigenvalue weighted by molar-refractivity contribution is -0.124. The highest BCUT2D eigenvalue weighted by atomic mass is 35.5. The van der Waals surface area contributed by atoms with Crippen molar-refractivity contribution in [3.05, 3.63) is 24.3 Å². The molecule has 0 saturated carbocycles. The lowest BCUT2D eigenvalue weighted by Crippen LogP contribution is -2.39. The molecule has 1 unspecified atom stereocenters. The number of allylic oxidation sites excluding steroid dienone is 4. The Kier molecular flexibility index (Phi) is 3.47. The predicted octanol–water partition coefficient (Wildman–Crippen LogP) is 1.19. The summed E-state index contributed by atoms with van der Waals surface area (Å²) in [5, 5.41) is 2.44. The van der Waals surface area contributed by atoms with Crippen molar-refractivity contribution in [3.63, 3.8) is 0 Å². The van der Waals surface area contributed by atoms with E-state index in [0.29, 0.717) is 6.42 Å². The fourth-order valence-electron chi connectivity index (χ4n) is 1.15. The van der Waals surface area contributed by atoms with Crippen LogP contribution < -0.4 is 5.32 Å². The van der Waals surface area contributed by atoms with Gasteiger partial charge in [-0.3, -0.25) is 9.59 Å². The van der Waals surface area contributed by atoms with Crippen LogP contribution in [0.15, 0.2) is 24.3 Å². The van der Waals surface area contributed by atoms with Crippen LogP contribution in [0.25, 0.3) is 0 Å². The summed E-state index contributed by atoms with van der Waals surface area (Å²) < 4.78 is 0. The number of hydrogen-bond donors (Lipinski definition) is 1. The van der Waals surface area contributed by atoms with Gasteiger partial charge in [0.2, 0.25) is 5.91 Å². The van der Waals surface area contributed by atoms with Gasteiger partial charge in [-0.25, -0.2) is 0 Å². The molecule has 14 heavy (non-hydrogen) atoms. The second-order valence-corrected chi connectivity index (χ2v) is 3.86. The predicted molar refractivity (Wildman–Crippen MR) is 55.2 cm³/mol. The van der Waals surface area contributed by atoms with Crippen molar-refractivity contribution in [2.75, 3.05) is 6.54 Å². The first kappa shape index (κ1) is 11.0. The minimum atomic E-state index is -0.975. The van der Waals surface area contributed by atoms with E-state index in [2.05, 4.69) is 5.32 Å². The second kappa shape index (κ2) is 4.42. The SMILES string of the molecule is CC(=O)NCC(=O)C1(Cl)C=CC=CC1. The third kappa shape index (κ3) is 2.70. The molecular weight excluding hydrogens is 202 g/mol. The van der Waals surface area contributed by atoms with Gasteiger partial charge in [0.05, 0.1) is 6.54 Å². The topological polar surface area (TPSA) is 46.2 Å². The number of Topliss-reactive ketones (excluding diaryl/α,β-unsaturated/α-hetero) is 1. The highest BCUT2D eigenvalue weighted by Crippen LogP contribution is 2.26. The molecule has 1 amide bonds. The summed E-state index contributed by atoms with van der Waals surface area (Å²) >= 11 is 6.07. The fraction of sp³-hybridized carbons (Fsp3) is 0.400. The Morgan fingerprint density at radius 3 is 2.71 bits per heavy atom. The highest BCUT2D eigenvalue weighted by Gasteiger charge is 2.32. The van der Waals surface area contributed by atoms with Gasteiger partial charge in [0.15, 0.2) is 5.78 Å². The van der Waals surface area contributed by atoms with Crippen LogP contribution in [0.5, 0.6) is 0 Å². The summed E-state index contributed by atoms with van der Waals surface area (Å²) in [6.45, 7) is 1.35. The number of hydrogen-bond acceptors (Lipinski definition) is 2. The Labute approximate surface area is 87.8 Å². The smallest absolute Gasteiger partial charge is 0.217 e. The van der Waals surface area contributed by atoms with E-state index in [9.17, 15) is 9.59 Å². The number of amides is 1. The molecule has 0 bridgehead atoms. The number of halogens is 1. The van der Waals surface area contributed by atoms with Crippen molar-refractivity contribution in [2.45, 2.75) is 18.2 Å². The van der Waals surface area contributed by atoms with Crippen molar-refractivity contribution >= 4 is 23.3 Å². The molecule has 1 aliphatic carbocycles. The van der Waals surface area contributed by atoms with Crippen LogP contribution in [0, 0.1) is 0 Å². The Hall–Kier alpha value is -1.09. The quantitative estimate of drug-likeness (QED) is 0.716. The van der Waals surface area contributed by atoms with E-state index < -0.39 is 4.87 Å². The number of alkyl halides is 1. The molecule has 1 rings (SSSR count). The maximum absolute atomic E-state index is 11.6. The second-order valence-electron chi connectivity index (χ2n) is 3.19. The van der Waals surface area contributed by atoms with Gasteiger partial charge >= 0.3 is 0 Å². The van der Waals surface area contributed by atoms with Gasteiger partial charge in [0.1, 0.15) is 4.87 Å². The van der Waals surface area contributed by atoms with Gasteiger partial charge < -0.3 is 5.32 Å². The zero-order valence-electron chi connectivity index (χ0n) is 7.92. The first-order chi connectivity index (χ1) is 6.54. The molecule has 0 spiro atoms. The minimum Gasteiger partial charge on any atom is -0.349 e. The lowest BCUT2D eigenvalue weighted by Gasteiger charge is -2.21. The van der Waals surface area contributed by atoms with Crippen molar-refractivity contribution in [1.29, 1.82) is 0 Å². The fourth-order valence-corrected chi connectivity index (χ4v) is 1.38. The molecular formula is C10H12ClNO2. The molecule has 0 aromatic carbocycles. The molecule has 0 saturated heterocycles. The van der Waals surface area contributed by atoms with Gasteiger partial charge in [-0.1, -0.05) is 24.3 Å². The van der Waals surface area contributed by atoms with E-state index >= 15 is 0 Å². The average Bonchev–Trinajstić information content (AvgIpc) is 2.15. The Morgan fingerprint density at radius 1 is 1.50 bits per heavy atom. The van der Waals surface area contributed by atoms with E-state index in [1.165, 1.54) is 6.92 Å². The van der Waals surface area contributed by atoms with Crippen molar-refractivity contribution in [1.82, 2.24) is 5.32 Å². The first-order valence-electron chi connectivity index (χ1n) is 4.35. The Bertz CT molecular complexity index is 309. The molecule has 0 aliphatic heterocycles. The molecule has 1 aliphatic rings. The normalized spacial score (nSPS) is 24.7. The van der Waals surface area contributed by atoms with E-state index in [0.717, 1.165) is 0 Å². The third-order valence-corrected chi connectivity index (χ3v) is 2.48. The molecule has 0 aromatic rings. The van der Waals surface area contributed by atoms with Crippen LogP contribution in [0.4, 0.5) is 0 Å². The van der Waals surface area contributed by atoms with E-state index in [-0.39, 0.29) is 18.2 Å². The number of ketones is 1. The number of carbonyl (C=O) groups is 2. The summed E-state index contributed by atoms with van der Waals surface area (Å²) in [4.78, 5) is 21.2. The van der Waals surface area contributed by atoms with Gasteiger partial charge in [0.25, 0.3) is 0 Å². The molecule has 0 radical (unpaired) electrons.